The van der Waals surface area contributed by atoms with Gasteiger partial charge in [-0.1, -0.05) is 29.8 Å². The minimum absolute atomic E-state index is 0.279. The van der Waals surface area contributed by atoms with Crippen LogP contribution in [0.1, 0.15) is 11.3 Å². The summed E-state index contributed by atoms with van der Waals surface area (Å²) in [4.78, 5) is 5.69. The molecular weight excluding hydrogens is 370 g/mol. The average molecular weight is 389 g/mol. The molecule has 140 valence electrons. The van der Waals surface area contributed by atoms with Gasteiger partial charge in [-0.15, -0.1) is 11.3 Å². The van der Waals surface area contributed by atoms with Gasteiger partial charge in [0.25, 0.3) is 0 Å². The van der Waals surface area contributed by atoms with Crippen molar-refractivity contribution in [2.24, 2.45) is 0 Å². The van der Waals surface area contributed by atoms with E-state index in [0.29, 0.717) is 11.5 Å². The molecule has 0 aliphatic rings. The number of ether oxygens (including phenoxy) is 2. The summed E-state index contributed by atoms with van der Waals surface area (Å²) < 4.78 is 12.9. The Bertz CT molecular complexity index is 1180. The van der Waals surface area contributed by atoms with E-state index in [1.807, 2.05) is 18.2 Å². The summed E-state index contributed by atoms with van der Waals surface area (Å²) in [5, 5.41) is 11.5. The number of fused-ring (bicyclic) bond motifs is 1. The fourth-order valence-corrected chi connectivity index (χ4v) is 4.21. The summed E-state index contributed by atoms with van der Waals surface area (Å²) in [5.74, 6) is 1.35. The molecule has 0 saturated heterocycles. The number of rotatable bonds is 5. The van der Waals surface area contributed by atoms with Crippen molar-refractivity contribution in [2.45, 2.75) is 13.3 Å². The van der Waals surface area contributed by atoms with E-state index < -0.39 is 0 Å². The van der Waals surface area contributed by atoms with Crippen molar-refractivity contribution in [2.75, 3.05) is 14.2 Å². The van der Waals surface area contributed by atoms with Crippen LogP contribution in [0, 0.1) is 18.3 Å². The molecule has 0 bridgehead atoms. The number of aromatic nitrogens is 2. The Kier molecular flexibility index (Phi) is 4.76. The van der Waals surface area contributed by atoms with E-state index in [4.69, 9.17) is 14.5 Å². The minimum Gasteiger partial charge on any atom is -0.493 e. The van der Waals surface area contributed by atoms with Crippen LogP contribution in [0.25, 0.3) is 27.5 Å². The van der Waals surface area contributed by atoms with E-state index in [9.17, 15) is 5.26 Å². The zero-order valence-corrected chi connectivity index (χ0v) is 16.7. The van der Waals surface area contributed by atoms with Gasteiger partial charge in [-0.25, -0.2) is 4.98 Å². The van der Waals surface area contributed by atoms with Gasteiger partial charge in [0.15, 0.2) is 16.5 Å². The first-order chi connectivity index (χ1) is 13.7. The van der Waals surface area contributed by atoms with Crippen LogP contribution in [0.15, 0.2) is 47.8 Å². The molecule has 2 aromatic carbocycles. The first-order valence-corrected chi connectivity index (χ1v) is 9.69. The van der Waals surface area contributed by atoms with Crippen molar-refractivity contribution in [1.82, 2.24) is 9.38 Å². The second-order valence-corrected chi connectivity index (χ2v) is 7.25. The van der Waals surface area contributed by atoms with Crippen LogP contribution in [-0.2, 0) is 6.42 Å². The normalized spacial score (nSPS) is 10.8. The largest absolute Gasteiger partial charge is 0.493 e. The van der Waals surface area contributed by atoms with Crippen molar-refractivity contribution in [3.63, 3.8) is 0 Å². The molecule has 0 saturated carbocycles. The summed E-state index contributed by atoms with van der Waals surface area (Å²) in [6.45, 7) is 2.06. The maximum atomic E-state index is 9.44. The number of thiazole rings is 1. The molecule has 2 aromatic heterocycles. The van der Waals surface area contributed by atoms with Crippen LogP contribution in [0.4, 0.5) is 0 Å². The number of hydrogen-bond acceptors (Lipinski definition) is 5. The summed E-state index contributed by atoms with van der Waals surface area (Å²) in [6.07, 6.45) is 0.279. The van der Waals surface area contributed by atoms with Gasteiger partial charge in [-0.05, 0) is 25.1 Å². The van der Waals surface area contributed by atoms with Crippen LogP contribution in [-0.4, -0.2) is 23.6 Å². The van der Waals surface area contributed by atoms with Crippen molar-refractivity contribution in [3.05, 3.63) is 59.1 Å². The molecule has 0 spiro atoms. The highest BCUT2D eigenvalue weighted by molar-refractivity contribution is 7.15. The predicted molar refractivity (Wildman–Crippen MR) is 111 cm³/mol. The second kappa shape index (κ2) is 7.37. The SMILES string of the molecule is COc1ccc(-c2csc3nc(-c4ccc(C)cc4)c(CC#N)n23)cc1OC. The van der Waals surface area contributed by atoms with Crippen LogP contribution in [0.5, 0.6) is 11.5 Å². The van der Waals surface area contributed by atoms with E-state index in [0.717, 1.165) is 33.2 Å². The lowest BCUT2D eigenvalue weighted by Gasteiger charge is -2.10. The molecule has 0 fully saturated rings. The Morgan fingerprint density at radius 2 is 1.75 bits per heavy atom. The lowest BCUT2D eigenvalue weighted by Crippen LogP contribution is -1.96. The summed E-state index contributed by atoms with van der Waals surface area (Å²) in [6, 6.07) is 16.4. The highest BCUT2D eigenvalue weighted by Crippen LogP contribution is 2.37. The molecule has 5 nitrogen and oxygen atoms in total. The molecule has 0 unspecified atom stereocenters. The molecule has 6 heteroatoms. The standard InChI is InChI=1S/C22H19N3O2S/c1-14-4-6-15(7-5-14)21-17(10-11-23)25-18(13-28-22(25)24-21)16-8-9-19(26-2)20(12-16)27-3/h4-9,12-13H,10H2,1-3H3. The predicted octanol–water partition coefficient (Wildman–Crippen LogP) is 5.12. The Balaban J connectivity index is 1.92. The number of nitriles is 1. The maximum Gasteiger partial charge on any atom is 0.194 e. The quantitative estimate of drug-likeness (QED) is 0.475. The molecule has 4 aromatic rings. The van der Waals surface area contributed by atoms with Gasteiger partial charge in [0.05, 0.1) is 43.8 Å². The Hall–Kier alpha value is -3.30. The Morgan fingerprint density at radius 3 is 2.43 bits per heavy atom. The molecule has 4 rings (SSSR count). The Labute approximate surface area is 167 Å². The molecule has 2 heterocycles. The maximum absolute atomic E-state index is 9.44. The molecule has 0 atom stereocenters. The van der Waals surface area contributed by atoms with Crippen molar-refractivity contribution >= 4 is 16.3 Å². The molecule has 0 aliphatic heterocycles. The van der Waals surface area contributed by atoms with E-state index in [-0.39, 0.29) is 6.42 Å². The minimum atomic E-state index is 0.279. The fourth-order valence-electron chi connectivity index (χ4n) is 3.29. The number of nitrogens with zero attached hydrogens (tertiary/aromatic N) is 3. The highest BCUT2D eigenvalue weighted by atomic mass is 32.1. The number of hydrogen-bond donors (Lipinski definition) is 0. The van der Waals surface area contributed by atoms with Crippen molar-refractivity contribution in [1.29, 1.82) is 5.26 Å². The summed E-state index contributed by atoms with van der Waals surface area (Å²) >= 11 is 1.56. The summed E-state index contributed by atoms with van der Waals surface area (Å²) in [5.41, 5.74) is 5.93. The monoisotopic (exact) mass is 389 g/mol. The van der Waals surface area contributed by atoms with E-state index in [2.05, 4.69) is 47.0 Å². The first kappa shape index (κ1) is 18.1. The fraction of sp³-hybridized carbons (Fsp3) is 0.182. The number of methoxy groups -OCH3 is 2. The average Bonchev–Trinajstić information content (AvgIpc) is 3.28. The lowest BCUT2D eigenvalue weighted by molar-refractivity contribution is 0.355. The first-order valence-electron chi connectivity index (χ1n) is 8.81. The van der Waals surface area contributed by atoms with Gasteiger partial charge in [0.1, 0.15) is 0 Å². The van der Waals surface area contributed by atoms with Gasteiger partial charge in [-0.2, -0.15) is 5.26 Å². The zero-order valence-electron chi connectivity index (χ0n) is 15.9. The van der Waals surface area contributed by atoms with Gasteiger partial charge >= 0.3 is 0 Å². The van der Waals surface area contributed by atoms with E-state index in [1.165, 1.54) is 5.56 Å². The van der Waals surface area contributed by atoms with Crippen LogP contribution >= 0.6 is 11.3 Å². The smallest absolute Gasteiger partial charge is 0.194 e. The summed E-state index contributed by atoms with van der Waals surface area (Å²) in [7, 11) is 3.24. The van der Waals surface area contributed by atoms with Gasteiger partial charge in [-0.3, -0.25) is 4.40 Å². The third kappa shape index (κ3) is 3.00. The van der Waals surface area contributed by atoms with Gasteiger partial charge in [0.2, 0.25) is 0 Å². The van der Waals surface area contributed by atoms with Crippen molar-refractivity contribution < 1.29 is 9.47 Å². The van der Waals surface area contributed by atoms with Crippen LogP contribution in [0.2, 0.25) is 0 Å². The van der Waals surface area contributed by atoms with Gasteiger partial charge in [0, 0.05) is 16.5 Å². The third-order valence-corrected chi connectivity index (χ3v) is 5.54. The molecule has 0 radical (unpaired) electrons. The third-order valence-electron chi connectivity index (χ3n) is 4.71. The zero-order chi connectivity index (χ0) is 19.7. The molecule has 0 aliphatic carbocycles. The molecule has 0 amide bonds. The number of imidazole rings is 1. The number of aryl methyl sites for hydroxylation is 1. The van der Waals surface area contributed by atoms with E-state index >= 15 is 0 Å². The lowest BCUT2D eigenvalue weighted by atomic mass is 10.1. The topological polar surface area (TPSA) is 59.5 Å². The second-order valence-electron chi connectivity index (χ2n) is 6.42. The van der Waals surface area contributed by atoms with Crippen LogP contribution < -0.4 is 9.47 Å². The van der Waals surface area contributed by atoms with Crippen LogP contribution in [0.3, 0.4) is 0 Å². The number of benzene rings is 2. The highest BCUT2D eigenvalue weighted by Gasteiger charge is 2.19. The Morgan fingerprint density at radius 1 is 1.04 bits per heavy atom. The molecule has 0 N–H and O–H groups in total. The van der Waals surface area contributed by atoms with Gasteiger partial charge < -0.3 is 9.47 Å². The molecule has 28 heavy (non-hydrogen) atoms. The molecular formula is C22H19N3O2S. The van der Waals surface area contributed by atoms with Crippen molar-refractivity contribution in [3.8, 4) is 40.1 Å². The van der Waals surface area contributed by atoms with E-state index in [1.54, 1.807) is 25.6 Å².